The number of esters is 4. The van der Waals surface area contributed by atoms with Crippen LogP contribution in [0.25, 0.3) is 0 Å². The lowest BCUT2D eigenvalue weighted by Gasteiger charge is -2.21. The quantitative estimate of drug-likeness (QED) is 0.0222. The van der Waals surface area contributed by atoms with Crippen LogP contribution in [0, 0.1) is 23.7 Å². The molecule has 0 aliphatic rings. The summed E-state index contributed by atoms with van der Waals surface area (Å²) in [5, 5.41) is 10.6. The van der Waals surface area contributed by atoms with E-state index >= 15 is 0 Å². The highest BCUT2D eigenvalue weighted by Crippen LogP contribution is 2.45. The Morgan fingerprint density at radius 3 is 0.724 bits per heavy atom. The Balaban J connectivity index is 5.22. The van der Waals surface area contributed by atoms with Gasteiger partial charge in [-0.15, -0.1) is 0 Å². The summed E-state index contributed by atoms with van der Waals surface area (Å²) in [6, 6.07) is 0. The summed E-state index contributed by atoms with van der Waals surface area (Å²) < 4.78 is 68.6. The average molecular weight is 1440 g/mol. The van der Waals surface area contributed by atoms with Gasteiger partial charge in [-0.2, -0.15) is 0 Å². The van der Waals surface area contributed by atoms with E-state index in [9.17, 15) is 43.2 Å². The van der Waals surface area contributed by atoms with Crippen molar-refractivity contribution in [2.75, 3.05) is 39.6 Å². The smallest absolute Gasteiger partial charge is 0.462 e. The number of carbonyl (C=O) groups excluding carboxylic acids is 4. The van der Waals surface area contributed by atoms with Gasteiger partial charge in [0.15, 0.2) is 12.2 Å². The zero-order valence-electron chi connectivity index (χ0n) is 64.4. The van der Waals surface area contributed by atoms with Gasteiger partial charge in [0.05, 0.1) is 26.4 Å². The third-order valence-electron chi connectivity index (χ3n) is 19.0. The van der Waals surface area contributed by atoms with Crippen molar-refractivity contribution >= 4 is 39.5 Å². The van der Waals surface area contributed by atoms with E-state index in [1.165, 1.54) is 205 Å². The number of aliphatic hydroxyl groups excluding tert-OH is 1. The fourth-order valence-corrected chi connectivity index (χ4v) is 13.6. The highest BCUT2D eigenvalue weighted by molar-refractivity contribution is 7.47. The van der Waals surface area contributed by atoms with Crippen molar-refractivity contribution in [3.63, 3.8) is 0 Å². The lowest BCUT2D eigenvalue weighted by Crippen LogP contribution is -2.30. The Morgan fingerprint density at radius 1 is 0.286 bits per heavy atom. The molecule has 0 aromatic rings. The Kier molecular flexibility index (Phi) is 66.8. The molecule has 19 heteroatoms. The van der Waals surface area contributed by atoms with Gasteiger partial charge in [0.2, 0.25) is 0 Å². The number of carbonyl (C=O) groups is 4. The second-order valence-corrected chi connectivity index (χ2v) is 32.8. The predicted molar refractivity (Wildman–Crippen MR) is 400 cm³/mol. The minimum atomic E-state index is -4.96. The van der Waals surface area contributed by atoms with Crippen molar-refractivity contribution in [3.05, 3.63) is 0 Å². The maximum absolute atomic E-state index is 13.1. The first-order valence-corrected chi connectivity index (χ1v) is 43.8. The van der Waals surface area contributed by atoms with Crippen molar-refractivity contribution in [2.45, 2.75) is 420 Å². The van der Waals surface area contributed by atoms with E-state index in [2.05, 4.69) is 55.4 Å². The third-order valence-corrected chi connectivity index (χ3v) is 20.9. The van der Waals surface area contributed by atoms with Gasteiger partial charge in [0.25, 0.3) is 0 Å². The number of unbranched alkanes of at least 4 members (excludes halogenated alkanes) is 40. The first-order chi connectivity index (χ1) is 47.2. The number of hydrogen-bond acceptors (Lipinski definition) is 15. The van der Waals surface area contributed by atoms with E-state index < -0.39 is 97.5 Å². The monoisotopic (exact) mass is 1440 g/mol. The van der Waals surface area contributed by atoms with Gasteiger partial charge in [-0.25, -0.2) is 9.13 Å². The molecule has 0 rings (SSSR count). The molecule has 0 saturated carbocycles. The molecular formula is C79H154O17P2. The number of aliphatic hydroxyl groups is 1. The van der Waals surface area contributed by atoms with Crippen LogP contribution in [0.4, 0.5) is 0 Å². The maximum Gasteiger partial charge on any atom is 0.472 e. The molecule has 0 fully saturated rings. The van der Waals surface area contributed by atoms with Gasteiger partial charge < -0.3 is 33.8 Å². The van der Waals surface area contributed by atoms with Crippen LogP contribution in [0.3, 0.4) is 0 Å². The maximum atomic E-state index is 13.1. The number of ether oxygens (including phenoxy) is 4. The van der Waals surface area contributed by atoms with Gasteiger partial charge in [-0.3, -0.25) is 37.3 Å². The molecule has 0 aromatic heterocycles. The molecule has 17 nitrogen and oxygen atoms in total. The van der Waals surface area contributed by atoms with Gasteiger partial charge >= 0.3 is 39.5 Å². The Labute approximate surface area is 600 Å². The lowest BCUT2D eigenvalue weighted by atomic mass is 9.99. The molecule has 0 aliphatic carbocycles. The normalized spacial score (nSPS) is 14.6. The molecule has 0 amide bonds. The van der Waals surface area contributed by atoms with Crippen LogP contribution in [-0.4, -0.2) is 96.7 Å². The second-order valence-electron chi connectivity index (χ2n) is 29.9. The molecule has 3 N–H and O–H groups in total. The topological polar surface area (TPSA) is 237 Å². The van der Waals surface area contributed by atoms with Crippen LogP contribution in [-0.2, 0) is 65.4 Å². The highest BCUT2D eigenvalue weighted by Gasteiger charge is 2.30. The summed E-state index contributed by atoms with van der Waals surface area (Å²) in [4.78, 5) is 72.9. The summed E-state index contributed by atoms with van der Waals surface area (Å²) in [5.74, 6) is 1.01. The standard InChI is InChI=1S/C79H154O17P2/c1-9-71(7)57-49-41-33-24-21-22-26-38-46-54-62-79(84)96-74(65-89-76(81)59-51-43-35-29-27-32-40-48-56-70(5)6)67-93-97(85,86)91-63-73(80)64-92-98(87,88)94-68-75(66-90-77(82)60-52-44-36-30-28-34-42-50-58-72(8)10-2)95-78(83)61-53-45-37-25-20-18-16-14-12-11-13-15-17-19-23-31-39-47-55-69(3)4/h69-75,80H,9-68H2,1-8H3,(H,85,86)(H,87,88)/t71?,72?,73?,74-,75-/m1/s1. The van der Waals surface area contributed by atoms with E-state index in [0.29, 0.717) is 25.7 Å². The van der Waals surface area contributed by atoms with E-state index in [-0.39, 0.29) is 25.7 Å². The Bertz CT molecular complexity index is 1920. The van der Waals surface area contributed by atoms with Crippen LogP contribution >= 0.6 is 15.6 Å². The van der Waals surface area contributed by atoms with Crippen LogP contribution < -0.4 is 0 Å². The first-order valence-electron chi connectivity index (χ1n) is 40.8. The van der Waals surface area contributed by atoms with Gasteiger partial charge in [-0.1, -0.05) is 351 Å². The number of hydrogen-bond donors (Lipinski definition) is 3. The van der Waals surface area contributed by atoms with Crippen molar-refractivity contribution in [1.82, 2.24) is 0 Å². The fourth-order valence-electron chi connectivity index (χ4n) is 12.0. The van der Waals surface area contributed by atoms with Crippen LogP contribution in [0.2, 0.25) is 0 Å². The molecule has 0 spiro atoms. The van der Waals surface area contributed by atoms with E-state index in [4.69, 9.17) is 37.0 Å². The van der Waals surface area contributed by atoms with Crippen molar-refractivity contribution in [1.29, 1.82) is 0 Å². The van der Waals surface area contributed by atoms with Crippen molar-refractivity contribution < 1.29 is 80.2 Å². The van der Waals surface area contributed by atoms with Crippen LogP contribution in [0.15, 0.2) is 0 Å². The lowest BCUT2D eigenvalue weighted by molar-refractivity contribution is -0.161. The van der Waals surface area contributed by atoms with Gasteiger partial charge in [-0.05, 0) is 49.4 Å². The van der Waals surface area contributed by atoms with Crippen LogP contribution in [0.5, 0.6) is 0 Å². The van der Waals surface area contributed by atoms with E-state index in [0.717, 1.165) is 114 Å². The summed E-state index contributed by atoms with van der Waals surface area (Å²) >= 11 is 0. The molecule has 0 heterocycles. The average Bonchev–Trinajstić information content (AvgIpc) is 1.94. The molecule has 5 unspecified atom stereocenters. The predicted octanol–water partition coefficient (Wildman–Crippen LogP) is 23.2. The zero-order chi connectivity index (χ0) is 72.4. The molecule has 0 radical (unpaired) electrons. The summed E-state index contributed by atoms with van der Waals surface area (Å²) in [6.45, 7) is 14.3. The Morgan fingerprint density at radius 2 is 0.490 bits per heavy atom. The molecular weight excluding hydrogens is 1280 g/mol. The van der Waals surface area contributed by atoms with Crippen molar-refractivity contribution in [3.8, 4) is 0 Å². The van der Waals surface area contributed by atoms with Gasteiger partial charge in [0, 0.05) is 25.7 Å². The van der Waals surface area contributed by atoms with E-state index in [1.807, 2.05) is 0 Å². The molecule has 582 valence electrons. The zero-order valence-corrected chi connectivity index (χ0v) is 66.2. The molecule has 0 saturated heterocycles. The minimum absolute atomic E-state index is 0.105. The summed E-state index contributed by atoms with van der Waals surface area (Å²) in [7, 11) is -9.92. The number of phosphoric ester groups is 2. The third kappa shape index (κ3) is 69.8. The molecule has 0 aromatic carbocycles. The number of rotatable bonds is 76. The minimum Gasteiger partial charge on any atom is -0.462 e. The van der Waals surface area contributed by atoms with Gasteiger partial charge in [0.1, 0.15) is 19.3 Å². The van der Waals surface area contributed by atoms with Crippen molar-refractivity contribution in [2.24, 2.45) is 23.7 Å². The Hall–Kier alpha value is -1.94. The largest absolute Gasteiger partial charge is 0.472 e. The molecule has 98 heavy (non-hydrogen) atoms. The molecule has 0 aliphatic heterocycles. The van der Waals surface area contributed by atoms with Crippen LogP contribution in [0.1, 0.15) is 402 Å². The molecule has 0 bridgehead atoms. The summed E-state index contributed by atoms with van der Waals surface area (Å²) in [6.07, 6.45) is 54.1. The van der Waals surface area contributed by atoms with E-state index in [1.54, 1.807) is 0 Å². The first kappa shape index (κ1) is 96.1. The summed E-state index contributed by atoms with van der Waals surface area (Å²) in [5.41, 5.74) is 0. The highest BCUT2D eigenvalue weighted by atomic mass is 31.2. The number of phosphoric acid groups is 2. The molecule has 7 atom stereocenters. The second kappa shape index (κ2) is 68.2. The SMILES string of the molecule is CCC(C)CCCCCCCCCCCCC(=O)O[C@H](COC(=O)CCCCCCCCCCC(C)C)COP(=O)(O)OCC(O)COP(=O)(O)OC[C@@H](COC(=O)CCCCCCCCCCC(C)CC)OC(=O)CCCCCCCCCCCCCCCCCCCCC(C)C. The fraction of sp³-hybridized carbons (Fsp3) is 0.949.